The largest absolute Gasteiger partial charge is 0.393 e. The number of aryl methyl sites for hydroxylation is 4. The maximum atomic E-state index is 10.6. The maximum Gasteiger partial charge on any atom is 0.0594 e. The van der Waals surface area contributed by atoms with E-state index in [0.717, 1.165) is 24.7 Å². The first-order valence-corrected chi connectivity index (χ1v) is 20.0. The Labute approximate surface area is 293 Å². The minimum Gasteiger partial charge on any atom is -0.393 e. The van der Waals surface area contributed by atoms with Crippen LogP contribution in [0.4, 0.5) is 0 Å². The van der Waals surface area contributed by atoms with Crippen molar-refractivity contribution in [1.29, 1.82) is 0 Å². The van der Waals surface area contributed by atoms with E-state index < -0.39 is 0 Å². The Kier molecular flexibility index (Phi) is 8.29. The molecule has 8 rings (SSSR count). The third kappa shape index (κ3) is 4.91. The van der Waals surface area contributed by atoms with Gasteiger partial charge in [0.2, 0.25) is 0 Å². The van der Waals surface area contributed by atoms with E-state index >= 15 is 0 Å². The van der Waals surface area contributed by atoms with E-state index in [2.05, 4.69) is 106 Å². The van der Waals surface area contributed by atoms with Crippen molar-refractivity contribution in [3.05, 3.63) is 69.8 Å². The molecule has 4 fully saturated rings. The van der Waals surface area contributed by atoms with Crippen LogP contribution >= 0.6 is 0 Å². The molecule has 2 nitrogen and oxygen atoms in total. The van der Waals surface area contributed by atoms with E-state index in [0.29, 0.717) is 33.5 Å². The highest BCUT2D eigenvalue weighted by atomic mass is 16.3. The van der Waals surface area contributed by atoms with Crippen molar-refractivity contribution >= 4 is 0 Å². The second kappa shape index (κ2) is 11.4. The first-order valence-electron chi connectivity index (χ1n) is 20.0. The van der Waals surface area contributed by atoms with Crippen LogP contribution in [0.5, 0.6) is 0 Å². The van der Waals surface area contributed by atoms with Gasteiger partial charge in [-0.15, -0.1) is 0 Å². The van der Waals surface area contributed by atoms with E-state index in [4.69, 9.17) is 0 Å². The van der Waals surface area contributed by atoms with Crippen molar-refractivity contribution in [3.8, 4) is 0 Å². The maximum absolute atomic E-state index is 10.6. The first kappa shape index (κ1) is 34.8. The predicted molar refractivity (Wildman–Crippen MR) is 200 cm³/mol. The Bertz CT molecular complexity index is 1440. The van der Waals surface area contributed by atoms with Gasteiger partial charge in [0.15, 0.2) is 0 Å². The van der Waals surface area contributed by atoms with Gasteiger partial charge in [0.25, 0.3) is 0 Å². The molecule has 0 spiro atoms. The number of aliphatic hydroxyl groups excluding tert-OH is 2. The van der Waals surface area contributed by atoms with Crippen molar-refractivity contribution in [2.75, 3.05) is 0 Å². The van der Waals surface area contributed by atoms with Crippen molar-refractivity contribution in [2.45, 2.75) is 169 Å². The molecule has 4 saturated carbocycles. The molecule has 6 aliphatic carbocycles. The first-order chi connectivity index (χ1) is 22.4. The number of aliphatic hydroxyl groups is 2. The fourth-order valence-corrected chi connectivity index (χ4v) is 14.6. The Hall–Kier alpha value is -1.64. The molecule has 0 aliphatic heterocycles. The molecule has 0 aromatic heterocycles. The zero-order valence-electron chi connectivity index (χ0n) is 32.3. The summed E-state index contributed by atoms with van der Waals surface area (Å²) in [5.41, 5.74) is 10.8. The van der Waals surface area contributed by atoms with Gasteiger partial charge in [-0.3, -0.25) is 0 Å². The Morgan fingerprint density at radius 3 is 1.23 bits per heavy atom. The highest BCUT2D eigenvalue weighted by Crippen LogP contribution is 2.68. The Balaban J connectivity index is 0.000000152. The van der Waals surface area contributed by atoms with Crippen LogP contribution in [0.1, 0.15) is 153 Å². The van der Waals surface area contributed by atoms with Gasteiger partial charge in [-0.1, -0.05) is 103 Å². The molecule has 0 amide bonds. The second-order valence-electron chi connectivity index (χ2n) is 20.3. The molecule has 6 aliphatic rings. The summed E-state index contributed by atoms with van der Waals surface area (Å²) >= 11 is 0. The normalized spacial score (nSPS) is 43.5. The minimum absolute atomic E-state index is 0.0574. The number of benzene rings is 2. The molecule has 0 saturated heterocycles. The summed E-state index contributed by atoms with van der Waals surface area (Å²) < 4.78 is 0. The van der Waals surface area contributed by atoms with Crippen LogP contribution in [0, 0.1) is 59.2 Å². The fourth-order valence-electron chi connectivity index (χ4n) is 14.6. The van der Waals surface area contributed by atoms with Crippen LogP contribution in [0.15, 0.2) is 36.4 Å². The summed E-state index contributed by atoms with van der Waals surface area (Å²) in [7, 11) is 0. The standard InChI is InChI=1S/2C23H34O/c2*1-15-6-8-17-16(14-15)7-9-19-22(17,4)12-10-18-21(2,3)20(24)11-13-23(18,19)5/h2*6,8,14,18-20,24H,7,9-13H2,1-5H3/t2*18-,19-,20-,22-,23-/m00/s1. The van der Waals surface area contributed by atoms with E-state index in [-0.39, 0.29) is 23.0 Å². The minimum atomic E-state index is -0.126. The van der Waals surface area contributed by atoms with Gasteiger partial charge in [0.05, 0.1) is 12.2 Å². The fraction of sp³-hybridized carbons (Fsp3) is 0.739. The Morgan fingerprint density at radius 1 is 0.479 bits per heavy atom. The van der Waals surface area contributed by atoms with Gasteiger partial charge in [-0.05, 0) is 169 Å². The average molecular weight is 653 g/mol. The van der Waals surface area contributed by atoms with Crippen molar-refractivity contribution in [1.82, 2.24) is 0 Å². The van der Waals surface area contributed by atoms with E-state index in [9.17, 15) is 10.2 Å². The lowest BCUT2D eigenvalue weighted by Crippen LogP contribution is -2.60. The molecule has 264 valence electrons. The van der Waals surface area contributed by atoms with Crippen molar-refractivity contribution < 1.29 is 10.2 Å². The lowest BCUT2D eigenvalue weighted by Gasteiger charge is -2.65. The highest BCUT2D eigenvalue weighted by molar-refractivity contribution is 5.43. The van der Waals surface area contributed by atoms with E-state index in [1.807, 2.05) is 0 Å². The predicted octanol–water partition coefficient (Wildman–Crippen LogP) is 10.8. The quantitative estimate of drug-likeness (QED) is 0.297. The van der Waals surface area contributed by atoms with Gasteiger partial charge in [0, 0.05) is 0 Å². The molecular weight excluding hydrogens is 585 g/mol. The third-order valence-electron chi connectivity index (χ3n) is 17.2. The molecule has 0 unspecified atom stereocenters. The zero-order chi connectivity index (χ0) is 34.7. The third-order valence-corrected chi connectivity index (χ3v) is 17.2. The van der Waals surface area contributed by atoms with Gasteiger partial charge in [0.1, 0.15) is 0 Å². The number of hydrogen-bond acceptors (Lipinski definition) is 2. The monoisotopic (exact) mass is 653 g/mol. The molecule has 10 atom stereocenters. The van der Waals surface area contributed by atoms with Crippen LogP contribution < -0.4 is 0 Å². The molecule has 2 N–H and O–H groups in total. The van der Waals surface area contributed by atoms with Gasteiger partial charge in [-0.2, -0.15) is 0 Å². The summed E-state index contributed by atoms with van der Waals surface area (Å²) in [6.45, 7) is 23.9. The zero-order valence-corrected chi connectivity index (χ0v) is 32.3. The number of fused-ring (bicyclic) bond motifs is 10. The highest BCUT2D eigenvalue weighted by Gasteiger charge is 2.63. The molecule has 48 heavy (non-hydrogen) atoms. The summed E-state index contributed by atoms with van der Waals surface area (Å²) in [5.74, 6) is 2.81. The number of hydrogen-bond donors (Lipinski definition) is 2. The average Bonchev–Trinajstić information content (AvgIpc) is 3.01. The van der Waals surface area contributed by atoms with Crippen LogP contribution in [-0.4, -0.2) is 22.4 Å². The molecule has 2 aromatic carbocycles. The van der Waals surface area contributed by atoms with Crippen LogP contribution in [0.3, 0.4) is 0 Å². The molecule has 0 radical (unpaired) electrons. The van der Waals surface area contributed by atoms with Gasteiger partial charge in [-0.25, -0.2) is 0 Å². The van der Waals surface area contributed by atoms with Crippen LogP contribution in [0.2, 0.25) is 0 Å². The molecule has 2 heteroatoms. The molecule has 0 bridgehead atoms. The summed E-state index contributed by atoms with van der Waals surface area (Å²) in [6, 6.07) is 14.4. The second-order valence-corrected chi connectivity index (χ2v) is 20.3. The van der Waals surface area contributed by atoms with Crippen molar-refractivity contribution in [2.24, 2.45) is 45.3 Å². The van der Waals surface area contributed by atoms with Crippen LogP contribution in [0.25, 0.3) is 0 Å². The lowest BCUT2D eigenvalue weighted by atomic mass is 9.40. The topological polar surface area (TPSA) is 40.5 Å². The van der Waals surface area contributed by atoms with Gasteiger partial charge >= 0.3 is 0 Å². The summed E-state index contributed by atoms with van der Waals surface area (Å²) in [6.07, 6.45) is 14.3. The summed E-state index contributed by atoms with van der Waals surface area (Å²) in [5, 5.41) is 21.3. The smallest absolute Gasteiger partial charge is 0.0594 e. The van der Waals surface area contributed by atoms with E-state index in [1.54, 1.807) is 22.3 Å². The van der Waals surface area contributed by atoms with Gasteiger partial charge < -0.3 is 10.2 Å². The molecule has 0 heterocycles. The Morgan fingerprint density at radius 2 is 0.854 bits per heavy atom. The van der Waals surface area contributed by atoms with Crippen LogP contribution in [-0.2, 0) is 23.7 Å². The SMILES string of the molecule is Cc1ccc2c(c1)CC[C@@H]1[C@@]3(C)CC[C@H](O)C(C)(C)[C@@H]3CC[C@@]21C.Cc1ccc2c(c1)CC[C@@H]1[C@@]3(C)CC[C@H](O)C(C)(C)[C@@H]3CC[C@@]21C. The van der Waals surface area contributed by atoms with E-state index in [1.165, 1.54) is 75.3 Å². The summed E-state index contributed by atoms with van der Waals surface area (Å²) in [4.78, 5) is 0. The molecule has 2 aromatic rings. The van der Waals surface area contributed by atoms with Crippen molar-refractivity contribution in [3.63, 3.8) is 0 Å². The molecular formula is C46H68O2. The number of rotatable bonds is 0. The lowest BCUT2D eigenvalue weighted by molar-refractivity contribution is -0.158.